The molecule has 0 bridgehead atoms. The monoisotopic (exact) mass is 953 g/mol. The van der Waals surface area contributed by atoms with E-state index in [1.165, 1.54) is 5.56 Å². The standard InChI is InChI=1S/C54H52N3O.Pt/c1-52(2,3)40-26-27-47(43(32-40)36-20-14-11-15-21-36)57-48-25-17-24-42(38-22-16-23-39(30-38)46-31-37(28-29-55-46)35-18-12-10-13-19-35)49(48)56-51(57)44-33-41(53(4,5)6)34-45(50(44)58)54(7,8)9;/h10-29,31-34,58H,1-9H3;/q-1;. The van der Waals surface area contributed by atoms with Gasteiger partial charge in [-0.3, -0.25) is 9.55 Å². The van der Waals surface area contributed by atoms with Crippen molar-refractivity contribution >= 4 is 11.0 Å². The van der Waals surface area contributed by atoms with Gasteiger partial charge in [-0.2, -0.15) is 0 Å². The summed E-state index contributed by atoms with van der Waals surface area (Å²) in [7, 11) is 0. The third-order valence-corrected chi connectivity index (χ3v) is 11.1. The number of imidazole rings is 1. The molecule has 59 heavy (non-hydrogen) atoms. The molecular weight excluding hydrogens is 902 g/mol. The predicted molar refractivity (Wildman–Crippen MR) is 243 cm³/mol. The first-order valence-electron chi connectivity index (χ1n) is 20.2. The van der Waals surface area contributed by atoms with Crippen LogP contribution in [0, 0.1) is 6.07 Å². The number of fused-ring (bicyclic) bond motifs is 1. The van der Waals surface area contributed by atoms with Gasteiger partial charge in [0.2, 0.25) is 0 Å². The molecule has 0 unspecified atom stereocenters. The van der Waals surface area contributed by atoms with E-state index in [1.54, 1.807) is 0 Å². The van der Waals surface area contributed by atoms with Crippen molar-refractivity contribution in [2.75, 3.05) is 0 Å². The zero-order valence-electron chi connectivity index (χ0n) is 35.5. The number of para-hydroxylation sites is 1. The number of pyridine rings is 1. The normalized spacial score (nSPS) is 12.1. The second-order valence-corrected chi connectivity index (χ2v) is 18.5. The van der Waals surface area contributed by atoms with Crippen LogP contribution < -0.4 is 0 Å². The first kappa shape index (κ1) is 41.6. The van der Waals surface area contributed by atoms with Gasteiger partial charge in [-0.25, -0.2) is 4.98 Å². The van der Waals surface area contributed by atoms with Crippen LogP contribution in [-0.4, -0.2) is 19.6 Å². The summed E-state index contributed by atoms with van der Waals surface area (Å²) in [5, 5.41) is 12.4. The zero-order valence-corrected chi connectivity index (χ0v) is 37.7. The van der Waals surface area contributed by atoms with Crippen molar-refractivity contribution < 1.29 is 26.2 Å². The maximum Gasteiger partial charge on any atom is 0.148 e. The van der Waals surface area contributed by atoms with Crippen LogP contribution in [-0.2, 0) is 37.3 Å². The first-order valence-corrected chi connectivity index (χ1v) is 20.2. The average molecular weight is 954 g/mol. The fourth-order valence-electron chi connectivity index (χ4n) is 7.76. The topological polar surface area (TPSA) is 50.9 Å². The van der Waals surface area contributed by atoms with Crippen molar-refractivity contribution in [3.05, 3.63) is 168 Å². The van der Waals surface area contributed by atoms with Gasteiger partial charge >= 0.3 is 0 Å². The van der Waals surface area contributed by atoms with Gasteiger partial charge in [0.25, 0.3) is 0 Å². The van der Waals surface area contributed by atoms with Crippen LogP contribution in [0.1, 0.15) is 79.0 Å². The molecule has 0 aliphatic rings. The number of phenols is 1. The second kappa shape index (κ2) is 15.9. The van der Waals surface area contributed by atoms with Gasteiger partial charge in [-0.15, -0.1) is 29.8 Å². The van der Waals surface area contributed by atoms with Gasteiger partial charge in [0.15, 0.2) is 0 Å². The molecule has 0 fully saturated rings. The Morgan fingerprint density at radius 2 is 1.15 bits per heavy atom. The molecule has 8 aromatic rings. The molecule has 2 aromatic heterocycles. The predicted octanol–water partition coefficient (Wildman–Crippen LogP) is 14.2. The van der Waals surface area contributed by atoms with E-state index in [1.807, 2.05) is 18.3 Å². The fraction of sp³-hybridized carbons (Fsp3) is 0.222. The third-order valence-electron chi connectivity index (χ3n) is 11.1. The molecule has 300 valence electrons. The summed E-state index contributed by atoms with van der Waals surface area (Å²) in [6, 6.07) is 52.6. The van der Waals surface area contributed by atoms with Crippen LogP contribution in [0.25, 0.3) is 72.7 Å². The molecule has 0 aliphatic heterocycles. The number of benzene rings is 6. The summed E-state index contributed by atoms with van der Waals surface area (Å²) in [4.78, 5) is 10.4. The van der Waals surface area contributed by atoms with E-state index in [2.05, 4.69) is 200 Å². The van der Waals surface area contributed by atoms with Crippen LogP contribution in [0.3, 0.4) is 0 Å². The second-order valence-electron chi connectivity index (χ2n) is 18.5. The molecular formula is C54H52N3OPt-. The maximum absolute atomic E-state index is 12.4. The SMILES string of the molecule is CC(C)(C)c1ccc(-n2c(-c3cc(C(C)(C)C)cc(C(C)(C)C)c3O)nc3c(-c4[c-]c(-c5cc(-c6ccccc6)ccn5)ccc4)cccc32)c(-c2ccccc2)c1.[Pt]. The van der Waals surface area contributed by atoms with Crippen LogP contribution in [0.4, 0.5) is 0 Å². The van der Waals surface area contributed by atoms with Gasteiger partial charge in [-0.1, -0.05) is 164 Å². The number of phenolic OH excluding ortho intramolecular Hbond substituents is 1. The van der Waals surface area contributed by atoms with Crippen molar-refractivity contribution in [2.24, 2.45) is 0 Å². The Bertz CT molecular complexity index is 2780. The largest absolute Gasteiger partial charge is 0.507 e. The minimum Gasteiger partial charge on any atom is -0.507 e. The van der Waals surface area contributed by atoms with Crippen molar-refractivity contribution in [1.29, 1.82) is 0 Å². The molecule has 0 amide bonds. The van der Waals surface area contributed by atoms with Gasteiger partial charge in [0.05, 0.1) is 22.3 Å². The first-order chi connectivity index (χ1) is 27.6. The van der Waals surface area contributed by atoms with Crippen molar-refractivity contribution in [2.45, 2.75) is 78.6 Å². The smallest absolute Gasteiger partial charge is 0.148 e. The Kier molecular flexibility index (Phi) is 11.2. The van der Waals surface area contributed by atoms with E-state index in [0.29, 0.717) is 11.4 Å². The Morgan fingerprint density at radius 3 is 1.81 bits per heavy atom. The molecule has 0 saturated carbocycles. The van der Waals surface area contributed by atoms with Crippen LogP contribution in [0.15, 0.2) is 146 Å². The van der Waals surface area contributed by atoms with Crippen molar-refractivity contribution in [1.82, 2.24) is 14.5 Å². The number of hydrogen-bond acceptors (Lipinski definition) is 3. The van der Waals surface area contributed by atoms with Crippen LogP contribution in [0.5, 0.6) is 5.75 Å². The molecule has 0 spiro atoms. The summed E-state index contributed by atoms with van der Waals surface area (Å²) in [6.45, 7) is 19.9. The summed E-state index contributed by atoms with van der Waals surface area (Å²) >= 11 is 0. The molecule has 0 aliphatic carbocycles. The number of hydrogen-bond donors (Lipinski definition) is 1. The number of nitrogens with zero attached hydrogens (tertiary/aromatic N) is 3. The molecule has 4 nitrogen and oxygen atoms in total. The van der Waals surface area contributed by atoms with Crippen LogP contribution >= 0.6 is 0 Å². The molecule has 1 N–H and O–H groups in total. The number of aromatic hydroxyl groups is 1. The van der Waals surface area contributed by atoms with Gasteiger partial charge in [0, 0.05) is 44.1 Å². The Balaban J connectivity index is 0.00000528. The van der Waals surface area contributed by atoms with Crippen LogP contribution in [0.2, 0.25) is 0 Å². The molecule has 2 heterocycles. The zero-order chi connectivity index (χ0) is 41.0. The molecule has 6 aromatic carbocycles. The molecule has 0 radical (unpaired) electrons. The molecule has 0 atom stereocenters. The fourth-order valence-corrected chi connectivity index (χ4v) is 7.76. The molecule has 5 heteroatoms. The minimum atomic E-state index is -0.313. The van der Waals surface area contributed by atoms with E-state index >= 15 is 0 Å². The van der Waals surface area contributed by atoms with Gasteiger partial charge in [-0.05, 0) is 74.4 Å². The van der Waals surface area contributed by atoms with E-state index in [9.17, 15) is 5.11 Å². The van der Waals surface area contributed by atoms with E-state index in [0.717, 1.165) is 72.5 Å². The van der Waals surface area contributed by atoms with E-state index in [-0.39, 0.29) is 43.1 Å². The Morgan fingerprint density at radius 1 is 0.525 bits per heavy atom. The number of aromatic nitrogens is 3. The van der Waals surface area contributed by atoms with Gasteiger partial charge < -0.3 is 5.11 Å². The number of rotatable bonds is 6. The average Bonchev–Trinajstić information content (AvgIpc) is 3.59. The van der Waals surface area contributed by atoms with E-state index in [4.69, 9.17) is 9.97 Å². The van der Waals surface area contributed by atoms with Crippen molar-refractivity contribution in [3.63, 3.8) is 0 Å². The molecule has 8 rings (SSSR count). The Hall–Kier alpha value is -5.57. The van der Waals surface area contributed by atoms with E-state index < -0.39 is 0 Å². The quantitative estimate of drug-likeness (QED) is 0.169. The van der Waals surface area contributed by atoms with Gasteiger partial charge in [0.1, 0.15) is 11.6 Å². The maximum atomic E-state index is 12.4. The Labute approximate surface area is 364 Å². The minimum absolute atomic E-state index is 0. The summed E-state index contributed by atoms with van der Waals surface area (Å²) < 4.78 is 2.26. The van der Waals surface area contributed by atoms with Crippen molar-refractivity contribution in [3.8, 4) is 67.5 Å². The third kappa shape index (κ3) is 8.21. The summed E-state index contributed by atoms with van der Waals surface area (Å²) in [5.41, 5.74) is 14.3. The summed E-state index contributed by atoms with van der Waals surface area (Å²) in [6.07, 6.45) is 1.87. The summed E-state index contributed by atoms with van der Waals surface area (Å²) in [5.74, 6) is 0.940. The molecule has 0 saturated heterocycles.